The van der Waals surface area contributed by atoms with Crippen molar-refractivity contribution in [2.45, 2.75) is 13.3 Å². The lowest BCUT2D eigenvalue weighted by molar-refractivity contribution is -0.154. The van der Waals surface area contributed by atoms with Crippen molar-refractivity contribution in [3.63, 3.8) is 0 Å². The van der Waals surface area contributed by atoms with Crippen molar-refractivity contribution in [1.82, 2.24) is 0 Å². The molecule has 0 atom stereocenters. The van der Waals surface area contributed by atoms with Crippen LogP contribution in [0, 0.1) is 0 Å². The molecule has 3 nitrogen and oxygen atoms in total. The van der Waals surface area contributed by atoms with Gasteiger partial charge in [-0.15, -0.1) is 0 Å². The minimum absolute atomic E-state index is 0.0279. The summed E-state index contributed by atoms with van der Waals surface area (Å²) in [5.74, 6) is -0.278. The Hall–Kier alpha value is -1.61. The van der Waals surface area contributed by atoms with E-state index in [2.05, 4.69) is 6.58 Å². The first-order valence-electron chi connectivity index (χ1n) is 5.21. The van der Waals surface area contributed by atoms with Crippen LogP contribution in [-0.2, 0) is 20.7 Å². The van der Waals surface area contributed by atoms with Crippen molar-refractivity contribution in [1.29, 1.82) is 0 Å². The van der Waals surface area contributed by atoms with E-state index in [1.54, 1.807) is 6.08 Å². The maximum Gasteiger partial charge on any atom is 0.312 e. The predicted octanol–water partition coefficient (Wildman–Crippen LogP) is 2.41. The molecule has 86 valence electrons. The highest BCUT2D eigenvalue weighted by Gasteiger charge is 2.04. The second kappa shape index (κ2) is 6.80. The lowest BCUT2D eigenvalue weighted by Gasteiger charge is -2.04. The summed E-state index contributed by atoms with van der Waals surface area (Å²) in [6, 6.07) is 7.61. The van der Waals surface area contributed by atoms with E-state index in [1.807, 2.05) is 31.2 Å². The van der Waals surface area contributed by atoms with Gasteiger partial charge < -0.3 is 9.47 Å². The molecule has 1 aromatic rings. The Morgan fingerprint density at radius 1 is 1.38 bits per heavy atom. The summed E-state index contributed by atoms with van der Waals surface area (Å²) < 4.78 is 9.78. The van der Waals surface area contributed by atoms with Gasteiger partial charge in [-0.05, 0) is 18.1 Å². The topological polar surface area (TPSA) is 35.5 Å². The van der Waals surface area contributed by atoms with Gasteiger partial charge in [0.15, 0.2) is 6.79 Å². The van der Waals surface area contributed by atoms with Crippen molar-refractivity contribution in [3.8, 4) is 0 Å². The van der Waals surface area contributed by atoms with Crippen molar-refractivity contribution >= 4 is 12.0 Å². The Morgan fingerprint density at radius 3 is 2.62 bits per heavy atom. The normalized spacial score (nSPS) is 9.81. The minimum atomic E-state index is -0.278. The molecule has 16 heavy (non-hydrogen) atoms. The summed E-state index contributed by atoms with van der Waals surface area (Å²) in [6.07, 6.45) is 2.03. The van der Waals surface area contributed by atoms with Crippen LogP contribution in [0.3, 0.4) is 0 Å². The number of rotatable bonds is 6. The van der Waals surface area contributed by atoms with Gasteiger partial charge in [0.2, 0.25) is 0 Å². The van der Waals surface area contributed by atoms with E-state index in [-0.39, 0.29) is 19.2 Å². The molecule has 0 aliphatic carbocycles. The number of hydrogen-bond donors (Lipinski definition) is 0. The van der Waals surface area contributed by atoms with Crippen LogP contribution in [0.15, 0.2) is 30.8 Å². The third kappa shape index (κ3) is 4.28. The molecule has 0 saturated heterocycles. The smallest absolute Gasteiger partial charge is 0.312 e. The fourth-order valence-electron chi connectivity index (χ4n) is 1.18. The summed E-state index contributed by atoms with van der Waals surface area (Å²) >= 11 is 0. The van der Waals surface area contributed by atoms with Crippen molar-refractivity contribution in [2.24, 2.45) is 0 Å². The van der Waals surface area contributed by atoms with Gasteiger partial charge >= 0.3 is 5.97 Å². The van der Waals surface area contributed by atoms with Gasteiger partial charge in [0.25, 0.3) is 0 Å². The van der Waals surface area contributed by atoms with Gasteiger partial charge in [0.05, 0.1) is 6.42 Å². The molecule has 0 heterocycles. The molecule has 1 rings (SSSR count). The van der Waals surface area contributed by atoms with Crippen LogP contribution < -0.4 is 0 Å². The highest BCUT2D eigenvalue weighted by atomic mass is 16.7. The first-order valence-corrected chi connectivity index (χ1v) is 5.21. The number of carbonyl (C=O) groups is 1. The molecule has 1 aromatic carbocycles. The summed E-state index contributed by atoms with van der Waals surface area (Å²) in [7, 11) is 0. The number of hydrogen-bond acceptors (Lipinski definition) is 3. The van der Waals surface area contributed by atoms with Crippen LogP contribution in [0.2, 0.25) is 0 Å². The molecule has 0 aliphatic rings. The molecule has 0 spiro atoms. The lowest BCUT2D eigenvalue weighted by Crippen LogP contribution is -2.10. The first-order chi connectivity index (χ1) is 7.76. The summed E-state index contributed by atoms with van der Waals surface area (Å²) in [4.78, 5) is 11.3. The molecule has 0 fully saturated rings. The number of esters is 1. The van der Waals surface area contributed by atoms with E-state index in [0.29, 0.717) is 6.61 Å². The Kier molecular flexibility index (Phi) is 5.29. The van der Waals surface area contributed by atoms with Crippen LogP contribution in [0.4, 0.5) is 0 Å². The fraction of sp³-hybridized carbons (Fsp3) is 0.308. The van der Waals surface area contributed by atoms with Crippen LogP contribution in [0.5, 0.6) is 0 Å². The SMILES string of the molecule is C=Cc1ccc(CC(=O)OCOCC)cc1. The Labute approximate surface area is 95.7 Å². The third-order valence-corrected chi connectivity index (χ3v) is 2.07. The van der Waals surface area contributed by atoms with E-state index in [0.717, 1.165) is 11.1 Å². The van der Waals surface area contributed by atoms with Gasteiger partial charge in [-0.3, -0.25) is 4.79 Å². The summed E-state index contributed by atoms with van der Waals surface area (Å²) in [5, 5.41) is 0. The van der Waals surface area contributed by atoms with Crippen molar-refractivity contribution in [3.05, 3.63) is 42.0 Å². The maximum absolute atomic E-state index is 11.3. The fourth-order valence-corrected chi connectivity index (χ4v) is 1.18. The average Bonchev–Trinajstić information content (AvgIpc) is 2.30. The van der Waals surface area contributed by atoms with E-state index in [1.165, 1.54) is 0 Å². The largest absolute Gasteiger partial charge is 0.438 e. The van der Waals surface area contributed by atoms with Crippen LogP contribution >= 0.6 is 0 Å². The molecular weight excluding hydrogens is 204 g/mol. The molecule has 0 saturated carbocycles. The average molecular weight is 220 g/mol. The second-order valence-electron chi connectivity index (χ2n) is 3.25. The molecule has 0 unspecified atom stereocenters. The zero-order valence-electron chi connectivity index (χ0n) is 9.44. The van der Waals surface area contributed by atoms with Crippen molar-refractivity contribution < 1.29 is 14.3 Å². The molecule has 0 aliphatic heterocycles. The molecular formula is C13H16O3. The molecule has 0 bridgehead atoms. The molecule has 0 radical (unpaired) electrons. The zero-order valence-corrected chi connectivity index (χ0v) is 9.44. The van der Waals surface area contributed by atoms with Gasteiger partial charge in [0, 0.05) is 6.61 Å². The molecule has 0 amide bonds. The highest BCUT2D eigenvalue weighted by Crippen LogP contribution is 2.06. The number of carbonyl (C=O) groups excluding carboxylic acids is 1. The van der Waals surface area contributed by atoms with Crippen LogP contribution in [-0.4, -0.2) is 19.4 Å². The number of benzene rings is 1. The number of ether oxygens (including phenoxy) is 2. The van der Waals surface area contributed by atoms with Gasteiger partial charge in [-0.25, -0.2) is 0 Å². The molecule has 3 heteroatoms. The van der Waals surface area contributed by atoms with Crippen LogP contribution in [0.25, 0.3) is 6.08 Å². The van der Waals surface area contributed by atoms with E-state index in [4.69, 9.17) is 9.47 Å². The zero-order chi connectivity index (χ0) is 11.8. The Bertz CT molecular complexity index is 341. The minimum Gasteiger partial charge on any atom is -0.438 e. The highest BCUT2D eigenvalue weighted by molar-refractivity contribution is 5.72. The predicted molar refractivity (Wildman–Crippen MR) is 62.8 cm³/mol. The van der Waals surface area contributed by atoms with E-state index >= 15 is 0 Å². The van der Waals surface area contributed by atoms with E-state index < -0.39 is 0 Å². The Morgan fingerprint density at radius 2 is 2.06 bits per heavy atom. The van der Waals surface area contributed by atoms with Crippen molar-refractivity contribution in [2.75, 3.05) is 13.4 Å². The monoisotopic (exact) mass is 220 g/mol. The Balaban J connectivity index is 2.40. The molecule has 0 N–H and O–H groups in total. The second-order valence-corrected chi connectivity index (χ2v) is 3.25. The quantitative estimate of drug-likeness (QED) is 0.419. The van der Waals surface area contributed by atoms with Crippen LogP contribution in [0.1, 0.15) is 18.1 Å². The molecule has 0 aromatic heterocycles. The van der Waals surface area contributed by atoms with Gasteiger partial charge in [0.1, 0.15) is 0 Å². The standard InChI is InChI=1S/C13H16O3/c1-3-11-5-7-12(8-6-11)9-13(14)16-10-15-4-2/h3,5-8H,1,4,9-10H2,2H3. The maximum atomic E-state index is 11.3. The lowest BCUT2D eigenvalue weighted by atomic mass is 10.1. The summed E-state index contributed by atoms with van der Waals surface area (Å²) in [6.45, 7) is 6.08. The van der Waals surface area contributed by atoms with Gasteiger partial charge in [-0.1, -0.05) is 36.9 Å². The summed E-state index contributed by atoms with van der Waals surface area (Å²) in [5.41, 5.74) is 1.96. The van der Waals surface area contributed by atoms with Gasteiger partial charge in [-0.2, -0.15) is 0 Å². The van der Waals surface area contributed by atoms with E-state index in [9.17, 15) is 4.79 Å². The third-order valence-electron chi connectivity index (χ3n) is 2.07. The first kappa shape index (κ1) is 12.5.